The summed E-state index contributed by atoms with van der Waals surface area (Å²) in [5.74, 6) is -0.0783. The number of likely N-dealkylation sites (tertiary alicyclic amines) is 1. The average Bonchev–Trinajstić information content (AvgIpc) is 3.16. The molecule has 2 heterocycles. The van der Waals surface area contributed by atoms with Crippen LogP contribution in [-0.2, 0) is 11.2 Å². The number of hydrogen-bond donors (Lipinski definition) is 0. The fourth-order valence-electron chi connectivity index (χ4n) is 2.77. The van der Waals surface area contributed by atoms with Gasteiger partial charge in [0.2, 0.25) is 5.91 Å². The van der Waals surface area contributed by atoms with Gasteiger partial charge in [0.05, 0.1) is 6.04 Å². The first-order valence-electron chi connectivity index (χ1n) is 7.17. The van der Waals surface area contributed by atoms with Crippen LogP contribution in [0.2, 0.25) is 0 Å². The van der Waals surface area contributed by atoms with Crippen molar-refractivity contribution < 1.29 is 9.18 Å². The van der Waals surface area contributed by atoms with Crippen LogP contribution in [0.4, 0.5) is 4.39 Å². The van der Waals surface area contributed by atoms with E-state index in [0.29, 0.717) is 12.8 Å². The van der Waals surface area contributed by atoms with E-state index < -0.39 is 0 Å². The van der Waals surface area contributed by atoms with E-state index in [1.54, 1.807) is 29.7 Å². The molecule has 1 aliphatic heterocycles. The standard InChI is InChI=1S/C16H17FN2OS/c17-13-6-3-12(4-7-13)5-8-15(20)19-10-1-2-14(19)16-18-9-11-21-16/h3-4,6-7,9,11,14H,1-2,5,8,10H2. The van der Waals surface area contributed by atoms with Crippen molar-refractivity contribution in [2.45, 2.75) is 31.7 Å². The minimum absolute atomic E-state index is 0.144. The number of carbonyl (C=O) groups excluding carboxylic acids is 1. The fourth-order valence-corrected chi connectivity index (χ4v) is 3.55. The van der Waals surface area contributed by atoms with Gasteiger partial charge in [-0.25, -0.2) is 9.37 Å². The smallest absolute Gasteiger partial charge is 0.223 e. The Morgan fingerprint density at radius 1 is 1.38 bits per heavy atom. The van der Waals surface area contributed by atoms with E-state index in [2.05, 4.69) is 4.98 Å². The lowest BCUT2D eigenvalue weighted by Crippen LogP contribution is -2.30. The Hall–Kier alpha value is -1.75. The lowest BCUT2D eigenvalue weighted by atomic mass is 10.1. The van der Waals surface area contributed by atoms with E-state index in [0.717, 1.165) is 30.0 Å². The Morgan fingerprint density at radius 2 is 2.19 bits per heavy atom. The second-order valence-electron chi connectivity index (χ2n) is 5.24. The van der Waals surface area contributed by atoms with Crippen LogP contribution in [0.5, 0.6) is 0 Å². The summed E-state index contributed by atoms with van der Waals surface area (Å²) >= 11 is 1.61. The molecule has 1 aliphatic rings. The minimum Gasteiger partial charge on any atom is -0.333 e. The van der Waals surface area contributed by atoms with E-state index in [9.17, 15) is 9.18 Å². The van der Waals surface area contributed by atoms with E-state index in [1.165, 1.54) is 12.1 Å². The number of benzene rings is 1. The molecule has 1 amide bonds. The van der Waals surface area contributed by atoms with Gasteiger partial charge in [-0.05, 0) is 37.0 Å². The zero-order valence-electron chi connectivity index (χ0n) is 11.7. The molecule has 0 aliphatic carbocycles. The molecule has 2 aromatic rings. The van der Waals surface area contributed by atoms with Crippen molar-refractivity contribution in [3.8, 4) is 0 Å². The van der Waals surface area contributed by atoms with Crippen LogP contribution in [-0.4, -0.2) is 22.3 Å². The average molecular weight is 304 g/mol. The van der Waals surface area contributed by atoms with Gasteiger partial charge in [0.15, 0.2) is 0 Å². The monoisotopic (exact) mass is 304 g/mol. The molecule has 0 bridgehead atoms. The maximum absolute atomic E-state index is 12.9. The second-order valence-corrected chi connectivity index (χ2v) is 6.17. The first-order chi connectivity index (χ1) is 10.2. The number of nitrogens with zero attached hydrogens (tertiary/aromatic N) is 2. The van der Waals surface area contributed by atoms with Gasteiger partial charge in [-0.1, -0.05) is 12.1 Å². The Labute approximate surface area is 127 Å². The topological polar surface area (TPSA) is 33.2 Å². The molecule has 110 valence electrons. The third-order valence-electron chi connectivity index (χ3n) is 3.85. The summed E-state index contributed by atoms with van der Waals surface area (Å²) < 4.78 is 12.9. The number of aromatic nitrogens is 1. The predicted molar refractivity (Wildman–Crippen MR) is 80.5 cm³/mol. The zero-order chi connectivity index (χ0) is 14.7. The summed E-state index contributed by atoms with van der Waals surface area (Å²) in [5, 5.41) is 2.98. The molecule has 1 atom stereocenters. The fraction of sp³-hybridized carbons (Fsp3) is 0.375. The number of rotatable bonds is 4. The van der Waals surface area contributed by atoms with Crippen molar-refractivity contribution in [3.63, 3.8) is 0 Å². The molecule has 0 saturated carbocycles. The largest absolute Gasteiger partial charge is 0.333 e. The summed E-state index contributed by atoms with van der Waals surface area (Å²) in [4.78, 5) is 18.7. The van der Waals surface area contributed by atoms with E-state index in [4.69, 9.17) is 0 Å². The quantitative estimate of drug-likeness (QED) is 0.865. The normalized spacial score (nSPS) is 18.1. The summed E-state index contributed by atoms with van der Waals surface area (Å²) in [5.41, 5.74) is 0.995. The Bertz CT molecular complexity index is 597. The highest BCUT2D eigenvalue weighted by Crippen LogP contribution is 2.33. The van der Waals surface area contributed by atoms with Gasteiger partial charge in [0.25, 0.3) is 0 Å². The Morgan fingerprint density at radius 3 is 2.90 bits per heavy atom. The number of carbonyl (C=O) groups is 1. The molecule has 0 N–H and O–H groups in total. The van der Waals surface area contributed by atoms with Crippen LogP contribution < -0.4 is 0 Å². The molecular weight excluding hydrogens is 287 g/mol. The van der Waals surface area contributed by atoms with Crippen molar-refractivity contribution >= 4 is 17.2 Å². The highest BCUT2D eigenvalue weighted by Gasteiger charge is 2.31. The number of aryl methyl sites for hydroxylation is 1. The van der Waals surface area contributed by atoms with E-state index in [-0.39, 0.29) is 17.8 Å². The second kappa shape index (κ2) is 6.35. The first kappa shape index (κ1) is 14.2. The maximum Gasteiger partial charge on any atom is 0.223 e. The SMILES string of the molecule is O=C(CCc1ccc(F)cc1)N1CCCC1c1nccs1. The molecule has 5 heteroatoms. The van der Waals surface area contributed by atoms with Gasteiger partial charge < -0.3 is 4.90 Å². The molecule has 1 unspecified atom stereocenters. The van der Waals surface area contributed by atoms with E-state index in [1.807, 2.05) is 10.3 Å². The van der Waals surface area contributed by atoms with Crippen molar-refractivity contribution in [2.24, 2.45) is 0 Å². The van der Waals surface area contributed by atoms with Gasteiger partial charge in [0.1, 0.15) is 10.8 Å². The van der Waals surface area contributed by atoms with Crippen molar-refractivity contribution in [1.29, 1.82) is 0 Å². The van der Waals surface area contributed by atoms with E-state index >= 15 is 0 Å². The first-order valence-corrected chi connectivity index (χ1v) is 8.05. The molecule has 1 saturated heterocycles. The summed E-state index contributed by atoms with van der Waals surface area (Å²) in [6.45, 7) is 0.812. The maximum atomic E-state index is 12.9. The molecular formula is C16H17FN2OS. The van der Waals surface area contributed by atoms with Crippen LogP contribution in [0.1, 0.15) is 35.9 Å². The van der Waals surface area contributed by atoms with Crippen LogP contribution in [0.25, 0.3) is 0 Å². The zero-order valence-corrected chi connectivity index (χ0v) is 12.5. The van der Waals surface area contributed by atoms with Gasteiger partial charge in [-0.3, -0.25) is 4.79 Å². The molecule has 3 rings (SSSR count). The highest BCUT2D eigenvalue weighted by atomic mass is 32.1. The number of hydrogen-bond acceptors (Lipinski definition) is 3. The van der Waals surface area contributed by atoms with Crippen LogP contribution in [0.15, 0.2) is 35.8 Å². The molecule has 0 radical (unpaired) electrons. The molecule has 3 nitrogen and oxygen atoms in total. The lowest BCUT2D eigenvalue weighted by molar-refractivity contribution is -0.132. The predicted octanol–water partition coefficient (Wildman–Crippen LogP) is 3.58. The van der Waals surface area contributed by atoms with Crippen LogP contribution >= 0.6 is 11.3 Å². The minimum atomic E-state index is -0.242. The number of halogens is 1. The van der Waals surface area contributed by atoms with Crippen LogP contribution in [0, 0.1) is 5.82 Å². The van der Waals surface area contributed by atoms with Gasteiger partial charge >= 0.3 is 0 Å². The summed E-state index contributed by atoms with van der Waals surface area (Å²) in [7, 11) is 0. The Balaban J connectivity index is 1.61. The van der Waals surface area contributed by atoms with Crippen LogP contribution in [0.3, 0.4) is 0 Å². The molecule has 1 aromatic carbocycles. The third-order valence-corrected chi connectivity index (χ3v) is 4.73. The number of amides is 1. The number of thiazole rings is 1. The highest BCUT2D eigenvalue weighted by molar-refractivity contribution is 7.09. The van der Waals surface area contributed by atoms with Gasteiger partial charge in [0, 0.05) is 24.5 Å². The lowest BCUT2D eigenvalue weighted by Gasteiger charge is -2.23. The van der Waals surface area contributed by atoms with Crippen molar-refractivity contribution in [3.05, 3.63) is 52.2 Å². The van der Waals surface area contributed by atoms with Crippen molar-refractivity contribution in [1.82, 2.24) is 9.88 Å². The third kappa shape index (κ3) is 3.29. The molecule has 21 heavy (non-hydrogen) atoms. The molecule has 1 fully saturated rings. The van der Waals surface area contributed by atoms with Gasteiger partial charge in [-0.15, -0.1) is 11.3 Å². The summed E-state index contributed by atoms with van der Waals surface area (Å²) in [6, 6.07) is 6.50. The van der Waals surface area contributed by atoms with Crippen molar-refractivity contribution in [2.75, 3.05) is 6.54 Å². The molecule has 1 aromatic heterocycles. The summed E-state index contributed by atoms with van der Waals surface area (Å²) in [6.07, 6.45) is 4.94. The van der Waals surface area contributed by atoms with Gasteiger partial charge in [-0.2, -0.15) is 0 Å². The Kier molecular flexibility index (Phi) is 4.29. The molecule has 0 spiro atoms.